The molecule has 0 aliphatic carbocycles. The Morgan fingerprint density at radius 2 is 1.96 bits per heavy atom. The molecule has 0 atom stereocenters. The first-order chi connectivity index (χ1) is 12.0. The van der Waals surface area contributed by atoms with Gasteiger partial charge in [0.1, 0.15) is 5.75 Å². The van der Waals surface area contributed by atoms with Crippen molar-refractivity contribution in [2.45, 2.75) is 33.1 Å². The van der Waals surface area contributed by atoms with Gasteiger partial charge in [0.15, 0.2) is 0 Å². The average Bonchev–Trinajstić information content (AvgIpc) is 2.59. The maximum atomic E-state index is 12.5. The minimum Gasteiger partial charge on any atom is -0.491 e. The summed E-state index contributed by atoms with van der Waals surface area (Å²) in [6.45, 7) is 4.48. The Balaban J connectivity index is 2.23. The molecule has 25 heavy (non-hydrogen) atoms. The standard InChI is InChI=1S/C20H23NO4/c1-3-11-25-18-9-7-15(8-10-19(22)23)13-17(18)21-20(24)16-6-4-5-14(2)12-16/h4-7,9,12-13H,3,8,10-11H2,1-2H3,(H,21,24)(H,22,23). The van der Waals surface area contributed by atoms with Crippen LogP contribution in [0.3, 0.4) is 0 Å². The molecule has 0 bridgehead atoms. The highest BCUT2D eigenvalue weighted by Crippen LogP contribution is 2.27. The van der Waals surface area contributed by atoms with Gasteiger partial charge in [-0.15, -0.1) is 0 Å². The van der Waals surface area contributed by atoms with Gasteiger partial charge in [-0.1, -0.05) is 30.7 Å². The first kappa shape index (κ1) is 18.5. The molecule has 2 aromatic carbocycles. The van der Waals surface area contributed by atoms with E-state index in [1.807, 2.05) is 38.1 Å². The molecule has 0 saturated heterocycles. The third-order valence-electron chi connectivity index (χ3n) is 3.66. The Labute approximate surface area is 147 Å². The van der Waals surface area contributed by atoms with E-state index in [1.54, 1.807) is 18.2 Å². The molecule has 2 rings (SSSR count). The van der Waals surface area contributed by atoms with Gasteiger partial charge in [-0.3, -0.25) is 9.59 Å². The molecule has 0 aromatic heterocycles. The number of carboxylic acids is 1. The molecule has 5 nitrogen and oxygen atoms in total. The highest BCUT2D eigenvalue weighted by molar-refractivity contribution is 6.05. The van der Waals surface area contributed by atoms with Gasteiger partial charge in [0.2, 0.25) is 0 Å². The smallest absolute Gasteiger partial charge is 0.303 e. The number of rotatable bonds is 8. The maximum absolute atomic E-state index is 12.5. The Morgan fingerprint density at radius 1 is 1.16 bits per heavy atom. The number of hydrogen-bond donors (Lipinski definition) is 2. The predicted octanol–water partition coefficient (Wildman–Crippen LogP) is 4.05. The zero-order valence-electron chi connectivity index (χ0n) is 14.5. The fraction of sp³-hybridized carbons (Fsp3) is 0.300. The van der Waals surface area contributed by atoms with Gasteiger partial charge in [-0.05, 0) is 49.6 Å². The van der Waals surface area contributed by atoms with E-state index < -0.39 is 5.97 Å². The molecule has 0 fully saturated rings. The minimum absolute atomic E-state index is 0.0421. The van der Waals surface area contributed by atoms with E-state index in [-0.39, 0.29) is 12.3 Å². The lowest BCUT2D eigenvalue weighted by Crippen LogP contribution is -2.13. The molecular formula is C20H23NO4. The summed E-state index contributed by atoms with van der Waals surface area (Å²) in [5.74, 6) is -0.487. The van der Waals surface area contributed by atoms with Gasteiger partial charge < -0.3 is 15.2 Å². The molecule has 0 unspecified atom stereocenters. The van der Waals surface area contributed by atoms with E-state index in [0.717, 1.165) is 17.5 Å². The largest absolute Gasteiger partial charge is 0.491 e. The van der Waals surface area contributed by atoms with E-state index >= 15 is 0 Å². The molecule has 0 radical (unpaired) electrons. The number of aliphatic carboxylic acids is 1. The third-order valence-corrected chi connectivity index (χ3v) is 3.66. The van der Waals surface area contributed by atoms with Crippen LogP contribution in [0.25, 0.3) is 0 Å². The number of aryl methyl sites for hydroxylation is 2. The summed E-state index contributed by atoms with van der Waals surface area (Å²) in [6.07, 6.45) is 1.29. The fourth-order valence-electron chi connectivity index (χ4n) is 2.40. The van der Waals surface area contributed by atoms with Crippen LogP contribution in [0.1, 0.15) is 41.3 Å². The van der Waals surface area contributed by atoms with Crippen LogP contribution in [0.5, 0.6) is 5.75 Å². The van der Waals surface area contributed by atoms with Crippen molar-refractivity contribution in [3.05, 3.63) is 59.2 Å². The number of hydrogen-bond acceptors (Lipinski definition) is 3. The lowest BCUT2D eigenvalue weighted by Gasteiger charge is -2.14. The molecule has 0 aliphatic heterocycles. The van der Waals surface area contributed by atoms with E-state index in [4.69, 9.17) is 9.84 Å². The Bertz CT molecular complexity index is 755. The van der Waals surface area contributed by atoms with Crippen molar-refractivity contribution in [3.8, 4) is 5.75 Å². The summed E-state index contributed by atoms with van der Waals surface area (Å²) in [7, 11) is 0. The van der Waals surface area contributed by atoms with Crippen molar-refractivity contribution in [3.63, 3.8) is 0 Å². The Kier molecular flexibility index (Phi) is 6.57. The van der Waals surface area contributed by atoms with Gasteiger partial charge in [-0.2, -0.15) is 0 Å². The summed E-state index contributed by atoms with van der Waals surface area (Å²) >= 11 is 0. The van der Waals surface area contributed by atoms with E-state index in [2.05, 4.69) is 5.32 Å². The average molecular weight is 341 g/mol. The lowest BCUT2D eigenvalue weighted by molar-refractivity contribution is -0.136. The van der Waals surface area contributed by atoms with Gasteiger partial charge in [0.05, 0.1) is 12.3 Å². The minimum atomic E-state index is -0.850. The second-order valence-electron chi connectivity index (χ2n) is 5.90. The van der Waals surface area contributed by atoms with Gasteiger partial charge >= 0.3 is 5.97 Å². The van der Waals surface area contributed by atoms with Crippen LogP contribution in [-0.2, 0) is 11.2 Å². The van der Waals surface area contributed by atoms with Crippen LogP contribution in [0.15, 0.2) is 42.5 Å². The number of carbonyl (C=O) groups is 2. The molecule has 132 valence electrons. The molecule has 0 aliphatic rings. The monoisotopic (exact) mass is 341 g/mol. The fourth-order valence-corrected chi connectivity index (χ4v) is 2.40. The molecule has 0 saturated carbocycles. The van der Waals surface area contributed by atoms with Crippen LogP contribution in [0.2, 0.25) is 0 Å². The molecule has 0 spiro atoms. The second-order valence-corrected chi connectivity index (χ2v) is 5.90. The van der Waals surface area contributed by atoms with Crippen molar-refractivity contribution < 1.29 is 19.4 Å². The zero-order chi connectivity index (χ0) is 18.2. The second kappa shape index (κ2) is 8.87. The summed E-state index contributed by atoms with van der Waals surface area (Å²) in [4.78, 5) is 23.3. The van der Waals surface area contributed by atoms with Gasteiger partial charge in [-0.25, -0.2) is 0 Å². The SMILES string of the molecule is CCCOc1ccc(CCC(=O)O)cc1NC(=O)c1cccc(C)c1. The summed E-state index contributed by atoms with van der Waals surface area (Å²) in [5, 5.41) is 11.7. The maximum Gasteiger partial charge on any atom is 0.303 e. The topological polar surface area (TPSA) is 75.6 Å². The number of nitrogens with one attached hydrogen (secondary N) is 1. The first-order valence-electron chi connectivity index (χ1n) is 8.35. The van der Waals surface area contributed by atoms with Gasteiger partial charge in [0.25, 0.3) is 5.91 Å². The molecule has 0 heterocycles. The summed E-state index contributed by atoms with van der Waals surface area (Å²) in [5.41, 5.74) is 2.97. The van der Waals surface area contributed by atoms with E-state index in [0.29, 0.717) is 30.0 Å². The molecule has 1 amide bonds. The van der Waals surface area contributed by atoms with Crippen LogP contribution in [0.4, 0.5) is 5.69 Å². The lowest BCUT2D eigenvalue weighted by atomic mass is 10.1. The van der Waals surface area contributed by atoms with Crippen LogP contribution in [-0.4, -0.2) is 23.6 Å². The predicted molar refractivity (Wildman–Crippen MR) is 97.3 cm³/mol. The van der Waals surface area contributed by atoms with Crippen molar-refractivity contribution >= 4 is 17.6 Å². The highest BCUT2D eigenvalue weighted by atomic mass is 16.5. The van der Waals surface area contributed by atoms with Crippen LogP contribution >= 0.6 is 0 Å². The normalized spacial score (nSPS) is 10.3. The van der Waals surface area contributed by atoms with Gasteiger partial charge in [0, 0.05) is 12.0 Å². The van der Waals surface area contributed by atoms with Crippen molar-refractivity contribution in [2.24, 2.45) is 0 Å². The number of ether oxygens (including phenoxy) is 1. The quantitative estimate of drug-likeness (QED) is 0.759. The van der Waals surface area contributed by atoms with Crippen molar-refractivity contribution in [1.29, 1.82) is 0 Å². The Morgan fingerprint density at radius 3 is 2.64 bits per heavy atom. The van der Waals surface area contributed by atoms with Crippen LogP contribution in [0, 0.1) is 6.92 Å². The summed E-state index contributed by atoms with van der Waals surface area (Å²) in [6, 6.07) is 12.7. The van der Waals surface area contributed by atoms with E-state index in [9.17, 15) is 9.59 Å². The summed E-state index contributed by atoms with van der Waals surface area (Å²) < 4.78 is 5.70. The molecule has 2 aromatic rings. The third kappa shape index (κ3) is 5.64. The van der Waals surface area contributed by atoms with Crippen molar-refractivity contribution in [2.75, 3.05) is 11.9 Å². The molecular weight excluding hydrogens is 318 g/mol. The molecule has 2 N–H and O–H groups in total. The number of amides is 1. The first-order valence-corrected chi connectivity index (χ1v) is 8.35. The Hall–Kier alpha value is -2.82. The number of carboxylic acid groups (broad SMARTS) is 1. The van der Waals surface area contributed by atoms with Crippen molar-refractivity contribution in [1.82, 2.24) is 0 Å². The number of carbonyl (C=O) groups excluding carboxylic acids is 1. The highest BCUT2D eigenvalue weighted by Gasteiger charge is 2.12. The zero-order valence-corrected chi connectivity index (χ0v) is 14.5. The van der Waals surface area contributed by atoms with Crippen LogP contribution < -0.4 is 10.1 Å². The molecule has 5 heteroatoms. The number of anilines is 1. The number of benzene rings is 2. The van der Waals surface area contributed by atoms with E-state index in [1.165, 1.54) is 0 Å².